The van der Waals surface area contributed by atoms with Gasteiger partial charge in [-0.3, -0.25) is 4.79 Å². The lowest BCUT2D eigenvalue weighted by atomic mass is 10.1. The van der Waals surface area contributed by atoms with Crippen LogP contribution in [-0.2, 0) is 0 Å². The van der Waals surface area contributed by atoms with Crippen LogP contribution in [0.5, 0.6) is 0 Å². The minimum absolute atomic E-state index is 0.0436. The molecule has 4 nitrogen and oxygen atoms in total. The Labute approximate surface area is 110 Å². The molecule has 1 saturated heterocycles. The number of hydrogen-bond donors (Lipinski definition) is 2. The number of nitrogens with two attached hydrogens (primary N) is 1. The maximum absolute atomic E-state index is 13.7. The van der Waals surface area contributed by atoms with Crippen LogP contribution in [0.2, 0.25) is 5.02 Å². The van der Waals surface area contributed by atoms with Crippen LogP contribution in [-0.4, -0.2) is 37.0 Å². The van der Waals surface area contributed by atoms with Crippen LogP contribution in [0.4, 0.5) is 10.1 Å². The molecule has 1 aromatic carbocycles. The summed E-state index contributed by atoms with van der Waals surface area (Å²) in [6, 6.07) is 2.63. The number of likely N-dealkylation sites (tertiary alicyclic amines) is 1. The molecule has 0 saturated carbocycles. The topological polar surface area (TPSA) is 58.4 Å². The quantitative estimate of drug-likeness (QED) is 0.802. The molecule has 1 aromatic rings. The molecule has 0 aromatic heterocycles. The average molecular weight is 272 g/mol. The lowest BCUT2D eigenvalue weighted by molar-refractivity contribution is 0.0934. The number of benzene rings is 1. The number of rotatable bonds is 2. The monoisotopic (exact) mass is 271 g/mol. The molecule has 3 N–H and O–H groups in total. The van der Waals surface area contributed by atoms with Gasteiger partial charge in [-0.15, -0.1) is 0 Å². The van der Waals surface area contributed by atoms with Crippen molar-refractivity contribution in [2.45, 2.75) is 12.5 Å². The molecule has 0 spiro atoms. The number of carbonyl (C=O) groups is 1. The van der Waals surface area contributed by atoms with Gasteiger partial charge in [0.1, 0.15) is 0 Å². The zero-order valence-electron chi connectivity index (χ0n) is 10.0. The number of hydrogen-bond acceptors (Lipinski definition) is 3. The number of carbonyl (C=O) groups excluding carboxylic acids is 1. The van der Waals surface area contributed by atoms with E-state index in [4.69, 9.17) is 17.3 Å². The van der Waals surface area contributed by atoms with Crippen molar-refractivity contribution in [1.82, 2.24) is 10.2 Å². The third-order valence-electron chi connectivity index (χ3n) is 3.04. The average Bonchev–Trinajstić information content (AvgIpc) is 2.69. The third kappa shape index (κ3) is 2.73. The first-order chi connectivity index (χ1) is 8.47. The highest BCUT2D eigenvalue weighted by Gasteiger charge is 2.23. The number of anilines is 1. The first-order valence-electron chi connectivity index (χ1n) is 5.71. The molecule has 0 unspecified atom stereocenters. The zero-order chi connectivity index (χ0) is 13.3. The zero-order valence-corrected chi connectivity index (χ0v) is 10.8. The number of amides is 1. The molecule has 18 heavy (non-hydrogen) atoms. The molecule has 1 amide bonds. The van der Waals surface area contributed by atoms with Crippen molar-refractivity contribution in [3.63, 3.8) is 0 Å². The van der Waals surface area contributed by atoms with Gasteiger partial charge in [0.25, 0.3) is 5.91 Å². The van der Waals surface area contributed by atoms with E-state index >= 15 is 0 Å². The van der Waals surface area contributed by atoms with Gasteiger partial charge in [-0.1, -0.05) is 11.6 Å². The van der Waals surface area contributed by atoms with Gasteiger partial charge in [-0.05, 0) is 32.1 Å². The number of nitrogen functional groups attached to an aromatic ring is 1. The van der Waals surface area contributed by atoms with Crippen LogP contribution in [0, 0.1) is 5.82 Å². The van der Waals surface area contributed by atoms with Crippen LogP contribution in [0.1, 0.15) is 16.8 Å². The van der Waals surface area contributed by atoms with E-state index in [1.165, 1.54) is 12.1 Å². The van der Waals surface area contributed by atoms with Gasteiger partial charge in [0, 0.05) is 17.6 Å². The largest absolute Gasteiger partial charge is 0.396 e. The minimum Gasteiger partial charge on any atom is -0.396 e. The van der Waals surface area contributed by atoms with Gasteiger partial charge < -0.3 is 16.0 Å². The molecule has 1 atom stereocenters. The highest BCUT2D eigenvalue weighted by Crippen LogP contribution is 2.22. The van der Waals surface area contributed by atoms with Crippen LogP contribution >= 0.6 is 11.6 Å². The van der Waals surface area contributed by atoms with Crippen LogP contribution < -0.4 is 11.1 Å². The summed E-state index contributed by atoms with van der Waals surface area (Å²) in [6.45, 7) is 1.69. The van der Waals surface area contributed by atoms with E-state index in [0.717, 1.165) is 19.5 Å². The maximum atomic E-state index is 13.7. The van der Waals surface area contributed by atoms with Gasteiger partial charge in [0.2, 0.25) is 0 Å². The Morgan fingerprint density at radius 2 is 2.33 bits per heavy atom. The second-order valence-corrected chi connectivity index (χ2v) is 5.01. The summed E-state index contributed by atoms with van der Waals surface area (Å²) in [7, 11) is 1.98. The van der Waals surface area contributed by atoms with E-state index in [1.54, 1.807) is 0 Å². The van der Waals surface area contributed by atoms with E-state index < -0.39 is 11.7 Å². The van der Waals surface area contributed by atoms with Crippen molar-refractivity contribution in [3.8, 4) is 0 Å². The minimum atomic E-state index is -0.719. The second kappa shape index (κ2) is 5.12. The smallest absolute Gasteiger partial charge is 0.254 e. The first-order valence-corrected chi connectivity index (χ1v) is 6.09. The van der Waals surface area contributed by atoms with E-state index in [9.17, 15) is 9.18 Å². The highest BCUT2D eigenvalue weighted by atomic mass is 35.5. The van der Waals surface area contributed by atoms with E-state index in [0.29, 0.717) is 0 Å². The van der Waals surface area contributed by atoms with Gasteiger partial charge in [0.15, 0.2) is 5.82 Å². The summed E-state index contributed by atoms with van der Waals surface area (Å²) in [5.41, 5.74) is 5.22. The van der Waals surface area contributed by atoms with Crippen molar-refractivity contribution in [2.75, 3.05) is 25.9 Å². The molecule has 2 rings (SSSR count). The molecular weight excluding hydrogens is 257 g/mol. The fourth-order valence-corrected chi connectivity index (χ4v) is 2.32. The van der Waals surface area contributed by atoms with Gasteiger partial charge in [-0.25, -0.2) is 4.39 Å². The third-order valence-corrected chi connectivity index (χ3v) is 3.25. The molecule has 1 heterocycles. The Hall–Kier alpha value is -1.33. The molecule has 1 fully saturated rings. The number of likely N-dealkylation sites (N-methyl/N-ethyl adjacent to an activating group) is 1. The second-order valence-electron chi connectivity index (χ2n) is 4.58. The molecule has 0 aliphatic carbocycles. The molecular formula is C12H15ClFN3O. The van der Waals surface area contributed by atoms with Gasteiger partial charge in [-0.2, -0.15) is 0 Å². The summed E-state index contributed by atoms with van der Waals surface area (Å²) in [5, 5.41) is 3.04. The Kier molecular flexibility index (Phi) is 3.73. The Morgan fingerprint density at radius 1 is 1.61 bits per heavy atom. The van der Waals surface area contributed by atoms with Crippen LogP contribution in [0.3, 0.4) is 0 Å². The van der Waals surface area contributed by atoms with Crippen molar-refractivity contribution in [3.05, 3.63) is 28.5 Å². The molecule has 98 valence electrons. The predicted molar refractivity (Wildman–Crippen MR) is 69.2 cm³/mol. The van der Waals surface area contributed by atoms with Crippen molar-refractivity contribution >= 4 is 23.2 Å². The van der Waals surface area contributed by atoms with Crippen molar-refractivity contribution < 1.29 is 9.18 Å². The summed E-state index contributed by atoms with van der Waals surface area (Å²) >= 11 is 5.77. The molecule has 1 aliphatic rings. The van der Waals surface area contributed by atoms with Gasteiger partial charge >= 0.3 is 0 Å². The lowest BCUT2D eigenvalue weighted by Gasteiger charge is -2.14. The predicted octanol–water partition coefficient (Wildman–Crippen LogP) is 1.50. The van der Waals surface area contributed by atoms with Crippen molar-refractivity contribution in [2.24, 2.45) is 0 Å². The first kappa shape index (κ1) is 13.1. The summed E-state index contributed by atoms with van der Waals surface area (Å²) < 4.78 is 13.7. The Morgan fingerprint density at radius 3 is 2.94 bits per heavy atom. The van der Waals surface area contributed by atoms with Crippen molar-refractivity contribution in [1.29, 1.82) is 0 Å². The van der Waals surface area contributed by atoms with E-state index in [-0.39, 0.29) is 22.3 Å². The van der Waals surface area contributed by atoms with Gasteiger partial charge in [0.05, 0.1) is 11.3 Å². The summed E-state index contributed by atoms with van der Waals surface area (Å²) in [4.78, 5) is 14.1. The summed E-state index contributed by atoms with van der Waals surface area (Å²) in [5.74, 6) is -1.19. The molecule has 6 heteroatoms. The van der Waals surface area contributed by atoms with E-state index in [2.05, 4.69) is 10.2 Å². The Balaban J connectivity index is 2.14. The number of nitrogens with zero attached hydrogens (tertiary/aromatic N) is 1. The fraction of sp³-hybridized carbons (Fsp3) is 0.417. The molecule has 1 aliphatic heterocycles. The molecule has 0 radical (unpaired) electrons. The SMILES string of the molecule is CN1CC[C@@H](NC(=O)c2cc(Cl)cc(N)c2F)C1. The fourth-order valence-electron chi connectivity index (χ4n) is 2.09. The van der Waals surface area contributed by atoms with Crippen LogP contribution in [0.15, 0.2) is 12.1 Å². The van der Waals surface area contributed by atoms with Crippen LogP contribution in [0.25, 0.3) is 0 Å². The Bertz CT molecular complexity index is 481. The van der Waals surface area contributed by atoms with E-state index in [1.807, 2.05) is 7.05 Å². The standard InChI is InChI=1S/C12H15ClFN3O/c1-17-3-2-8(6-17)16-12(18)9-4-7(13)5-10(15)11(9)14/h4-5,8H,2-3,6,15H2,1H3,(H,16,18)/t8-/m1/s1. The summed E-state index contributed by atoms with van der Waals surface area (Å²) in [6.07, 6.45) is 0.861. The number of nitrogens with one attached hydrogen (secondary N) is 1. The number of halogens is 2. The highest BCUT2D eigenvalue weighted by molar-refractivity contribution is 6.31. The molecule has 0 bridgehead atoms. The normalized spacial score (nSPS) is 20.1. The lowest BCUT2D eigenvalue weighted by Crippen LogP contribution is -2.37. The maximum Gasteiger partial charge on any atom is 0.254 e.